The number of hydrogen-bond acceptors (Lipinski definition) is 2. The molecule has 2 nitrogen and oxygen atoms in total. The van der Waals surface area contributed by atoms with E-state index in [0.29, 0.717) is 0 Å². The first-order valence-electron chi connectivity index (χ1n) is 2.70. The molecule has 0 atom stereocenters. The van der Waals surface area contributed by atoms with Crippen LogP contribution in [0.1, 0.15) is 21.3 Å². The molecule has 1 aromatic rings. The smallest absolute Gasteiger partial charge is 0.115 e. The van der Waals surface area contributed by atoms with Crippen LogP contribution in [-0.2, 0) is 0 Å². The van der Waals surface area contributed by atoms with Crippen LogP contribution in [0, 0.1) is 0 Å². The summed E-state index contributed by atoms with van der Waals surface area (Å²) in [6.07, 6.45) is 4.88. The standard InChI is InChI=1S/C4H4N2.C2H6.CH4/c1-2-5-4-6-3-1;1-2;/h1-4H;1-2H3;1H4. The van der Waals surface area contributed by atoms with Gasteiger partial charge in [0.2, 0.25) is 0 Å². The predicted octanol–water partition coefficient (Wildman–Crippen LogP) is 2.14. The molecule has 52 valence electrons. The zero-order valence-corrected chi connectivity index (χ0v) is 5.20. The molecule has 0 N–H and O–H groups in total. The lowest BCUT2D eigenvalue weighted by molar-refractivity contribution is 1.17. The molecule has 0 aromatic carbocycles. The average Bonchev–Trinajstić information content (AvgIpc) is 1.96. The average molecular weight is 126 g/mol. The van der Waals surface area contributed by atoms with Crippen LogP contribution in [0.2, 0.25) is 0 Å². The van der Waals surface area contributed by atoms with E-state index in [1.807, 2.05) is 13.8 Å². The quantitative estimate of drug-likeness (QED) is 0.532. The van der Waals surface area contributed by atoms with Crippen molar-refractivity contribution in [2.75, 3.05) is 0 Å². The third kappa shape index (κ3) is 7.08. The van der Waals surface area contributed by atoms with Gasteiger partial charge in [-0.3, -0.25) is 0 Å². The lowest BCUT2D eigenvalue weighted by Gasteiger charge is -1.70. The minimum absolute atomic E-state index is 0. The molecule has 1 heterocycles. The van der Waals surface area contributed by atoms with E-state index < -0.39 is 0 Å². The van der Waals surface area contributed by atoms with Crippen molar-refractivity contribution in [1.82, 2.24) is 9.97 Å². The Kier molecular flexibility index (Phi) is 12.3. The molecular weight excluding hydrogens is 112 g/mol. The molecule has 1 rings (SSSR count). The van der Waals surface area contributed by atoms with Crippen LogP contribution in [0.4, 0.5) is 0 Å². The third-order valence-electron chi connectivity index (χ3n) is 0.478. The van der Waals surface area contributed by atoms with Gasteiger partial charge >= 0.3 is 0 Å². The molecule has 0 bridgehead atoms. The van der Waals surface area contributed by atoms with E-state index in [1.54, 1.807) is 18.5 Å². The highest BCUT2D eigenvalue weighted by atomic mass is 14.8. The van der Waals surface area contributed by atoms with E-state index in [9.17, 15) is 0 Å². The van der Waals surface area contributed by atoms with Gasteiger partial charge in [-0.25, -0.2) is 9.97 Å². The summed E-state index contributed by atoms with van der Waals surface area (Å²) in [4.78, 5) is 7.35. The Morgan fingerprint density at radius 1 is 1.00 bits per heavy atom. The highest BCUT2D eigenvalue weighted by Crippen LogP contribution is 1.66. The van der Waals surface area contributed by atoms with Crippen molar-refractivity contribution < 1.29 is 0 Å². The monoisotopic (exact) mass is 126 g/mol. The molecule has 0 fully saturated rings. The van der Waals surface area contributed by atoms with Gasteiger partial charge in [-0.15, -0.1) is 0 Å². The van der Waals surface area contributed by atoms with Crippen molar-refractivity contribution in [2.45, 2.75) is 21.3 Å². The number of rotatable bonds is 0. The Hall–Kier alpha value is -0.920. The Balaban J connectivity index is 0. The van der Waals surface area contributed by atoms with Crippen molar-refractivity contribution in [3.05, 3.63) is 24.8 Å². The summed E-state index contributed by atoms with van der Waals surface area (Å²) in [5.41, 5.74) is 0. The summed E-state index contributed by atoms with van der Waals surface area (Å²) in [5.74, 6) is 0. The van der Waals surface area contributed by atoms with Gasteiger partial charge in [0.25, 0.3) is 0 Å². The van der Waals surface area contributed by atoms with Crippen LogP contribution in [0.15, 0.2) is 24.8 Å². The number of aromatic nitrogens is 2. The van der Waals surface area contributed by atoms with Crippen LogP contribution in [-0.4, -0.2) is 9.97 Å². The third-order valence-corrected chi connectivity index (χ3v) is 0.478. The second kappa shape index (κ2) is 10.1. The minimum atomic E-state index is 0. The maximum Gasteiger partial charge on any atom is 0.115 e. The van der Waals surface area contributed by atoms with Gasteiger partial charge in [0.15, 0.2) is 0 Å². The zero-order chi connectivity index (χ0) is 6.24. The lowest BCUT2D eigenvalue weighted by atomic mass is 10.7. The van der Waals surface area contributed by atoms with Crippen molar-refractivity contribution in [2.24, 2.45) is 0 Å². The van der Waals surface area contributed by atoms with Crippen LogP contribution < -0.4 is 0 Å². The van der Waals surface area contributed by atoms with Crippen molar-refractivity contribution in [1.29, 1.82) is 0 Å². The molecule has 0 radical (unpaired) electrons. The summed E-state index contributed by atoms with van der Waals surface area (Å²) in [5, 5.41) is 0. The van der Waals surface area contributed by atoms with Gasteiger partial charge in [-0.2, -0.15) is 0 Å². The molecule has 0 spiro atoms. The maximum absolute atomic E-state index is 3.67. The van der Waals surface area contributed by atoms with Crippen molar-refractivity contribution in [3.63, 3.8) is 0 Å². The summed E-state index contributed by atoms with van der Waals surface area (Å²) in [6.45, 7) is 4.00. The Morgan fingerprint density at radius 3 is 1.56 bits per heavy atom. The molecular formula is C7H14N2. The van der Waals surface area contributed by atoms with E-state index in [4.69, 9.17) is 0 Å². The molecule has 0 unspecified atom stereocenters. The topological polar surface area (TPSA) is 25.8 Å². The first kappa shape index (κ1) is 11.0. The molecule has 0 saturated heterocycles. The van der Waals surface area contributed by atoms with Crippen LogP contribution in [0.5, 0.6) is 0 Å². The largest absolute Gasteiger partial charge is 0.245 e. The number of hydrogen-bond donors (Lipinski definition) is 0. The molecule has 1 aromatic heterocycles. The Bertz CT molecular complexity index is 78.8. The second-order valence-corrected chi connectivity index (χ2v) is 0.904. The van der Waals surface area contributed by atoms with E-state index in [-0.39, 0.29) is 7.43 Å². The summed E-state index contributed by atoms with van der Waals surface area (Å²) < 4.78 is 0. The molecule has 0 aliphatic carbocycles. The van der Waals surface area contributed by atoms with E-state index in [1.165, 1.54) is 6.33 Å². The van der Waals surface area contributed by atoms with E-state index >= 15 is 0 Å². The summed E-state index contributed by atoms with van der Waals surface area (Å²) >= 11 is 0. The summed E-state index contributed by atoms with van der Waals surface area (Å²) in [6, 6.07) is 1.78. The zero-order valence-electron chi connectivity index (χ0n) is 5.20. The molecule has 0 amide bonds. The van der Waals surface area contributed by atoms with E-state index in [0.717, 1.165) is 0 Å². The van der Waals surface area contributed by atoms with Gasteiger partial charge in [0, 0.05) is 12.4 Å². The Labute approximate surface area is 57.0 Å². The van der Waals surface area contributed by atoms with Crippen molar-refractivity contribution in [3.8, 4) is 0 Å². The molecule has 0 aliphatic heterocycles. The number of nitrogens with zero attached hydrogens (tertiary/aromatic N) is 2. The Morgan fingerprint density at radius 2 is 1.44 bits per heavy atom. The highest BCUT2D eigenvalue weighted by molar-refractivity contribution is 4.74. The maximum atomic E-state index is 3.67. The van der Waals surface area contributed by atoms with Gasteiger partial charge in [0.1, 0.15) is 6.33 Å². The van der Waals surface area contributed by atoms with Crippen LogP contribution >= 0.6 is 0 Å². The highest BCUT2D eigenvalue weighted by Gasteiger charge is 1.59. The summed E-state index contributed by atoms with van der Waals surface area (Å²) in [7, 11) is 0. The first-order chi connectivity index (χ1) is 4.00. The van der Waals surface area contributed by atoms with Gasteiger partial charge < -0.3 is 0 Å². The fourth-order valence-corrected chi connectivity index (χ4v) is 0.253. The van der Waals surface area contributed by atoms with Gasteiger partial charge in [0.05, 0.1) is 0 Å². The van der Waals surface area contributed by atoms with Crippen LogP contribution in [0.25, 0.3) is 0 Å². The second-order valence-electron chi connectivity index (χ2n) is 0.904. The lowest BCUT2D eigenvalue weighted by Crippen LogP contribution is -1.66. The van der Waals surface area contributed by atoms with Crippen molar-refractivity contribution >= 4 is 0 Å². The van der Waals surface area contributed by atoms with Gasteiger partial charge in [-0.05, 0) is 6.07 Å². The molecule has 0 aliphatic rings. The fraction of sp³-hybridized carbons (Fsp3) is 0.429. The molecule has 0 saturated carbocycles. The van der Waals surface area contributed by atoms with Crippen LogP contribution in [0.3, 0.4) is 0 Å². The molecule has 2 heteroatoms. The SMILES string of the molecule is C.CC.c1cncnc1. The fourth-order valence-electron chi connectivity index (χ4n) is 0.253. The minimum Gasteiger partial charge on any atom is -0.245 e. The first-order valence-corrected chi connectivity index (χ1v) is 2.70. The van der Waals surface area contributed by atoms with E-state index in [2.05, 4.69) is 9.97 Å². The molecule has 9 heavy (non-hydrogen) atoms. The predicted molar refractivity (Wildman–Crippen MR) is 40.1 cm³/mol. The normalized spacial score (nSPS) is 6.00. The van der Waals surface area contributed by atoms with Gasteiger partial charge in [-0.1, -0.05) is 21.3 Å².